The summed E-state index contributed by atoms with van der Waals surface area (Å²) in [5.41, 5.74) is 2.91. The van der Waals surface area contributed by atoms with E-state index in [1.165, 1.54) is 16.6 Å². The van der Waals surface area contributed by atoms with Gasteiger partial charge in [0.25, 0.3) is 0 Å². The number of aromatic amines is 1. The average Bonchev–Trinajstić information content (AvgIpc) is 3.26. The van der Waals surface area contributed by atoms with Gasteiger partial charge in [-0.15, -0.1) is 11.3 Å². The maximum atomic E-state index is 12.6. The Morgan fingerprint density at radius 3 is 2.77 bits per heavy atom. The van der Waals surface area contributed by atoms with Crippen LogP contribution in [0.25, 0.3) is 21.1 Å². The number of hydrogen-bond acceptors (Lipinski definition) is 6. The van der Waals surface area contributed by atoms with E-state index < -0.39 is 12.0 Å². The van der Waals surface area contributed by atoms with Crippen molar-refractivity contribution in [2.24, 2.45) is 0 Å². The molecule has 0 bridgehead atoms. The number of carboxylic acids is 1. The van der Waals surface area contributed by atoms with Gasteiger partial charge in [0, 0.05) is 33.8 Å². The van der Waals surface area contributed by atoms with Crippen molar-refractivity contribution in [2.75, 3.05) is 5.75 Å². The predicted molar refractivity (Wildman–Crippen MR) is 124 cm³/mol. The molecule has 0 radical (unpaired) electrons. The lowest BCUT2D eigenvalue weighted by Crippen LogP contribution is -2.43. The van der Waals surface area contributed by atoms with Crippen LogP contribution in [0.1, 0.15) is 21.8 Å². The maximum Gasteiger partial charge on any atom is 0.326 e. The number of fused-ring (bicyclic) bond motifs is 2. The van der Waals surface area contributed by atoms with Crippen molar-refractivity contribution in [1.82, 2.24) is 20.3 Å². The fourth-order valence-corrected chi connectivity index (χ4v) is 5.59. The summed E-state index contributed by atoms with van der Waals surface area (Å²) in [5.74, 6) is -0.670. The van der Waals surface area contributed by atoms with Gasteiger partial charge in [-0.2, -0.15) is 0 Å². The largest absolute Gasteiger partial charge is 0.480 e. The van der Waals surface area contributed by atoms with Crippen molar-refractivity contribution < 1.29 is 14.7 Å². The van der Waals surface area contributed by atoms with Crippen molar-refractivity contribution >= 4 is 56.1 Å². The Labute approximate surface area is 187 Å². The third kappa shape index (κ3) is 4.42. The number of amides is 1. The highest BCUT2D eigenvalue weighted by molar-refractivity contribution is 8.00. The molecular weight excluding hydrogens is 432 g/mol. The first-order valence-electron chi connectivity index (χ1n) is 9.77. The average molecular weight is 455 g/mol. The van der Waals surface area contributed by atoms with Crippen LogP contribution in [0.15, 0.2) is 35.5 Å². The van der Waals surface area contributed by atoms with Crippen molar-refractivity contribution in [3.8, 4) is 0 Å². The van der Waals surface area contributed by atoms with Gasteiger partial charge in [0.2, 0.25) is 5.91 Å². The number of carbonyl (C=O) groups excluding carboxylic acids is 1. The van der Waals surface area contributed by atoms with E-state index in [0.717, 1.165) is 37.3 Å². The van der Waals surface area contributed by atoms with E-state index >= 15 is 0 Å². The minimum Gasteiger partial charge on any atom is -0.480 e. The number of H-pyrrole nitrogens is 1. The van der Waals surface area contributed by atoms with E-state index in [1.807, 2.05) is 45.0 Å². The molecule has 3 heterocycles. The molecule has 1 amide bonds. The number of thiophene rings is 1. The van der Waals surface area contributed by atoms with Crippen LogP contribution in [0.2, 0.25) is 0 Å². The van der Waals surface area contributed by atoms with E-state index in [2.05, 4.69) is 20.3 Å². The minimum absolute atomic E-state index is 0.0809. The summed E-state index contributed by atoms with van der Waals surface area (Å²) in [6.07, 6.45) is 2.00. The van der Waals surface area contributed by atoms with E-state index in [1.54, 1.807) is 17.5 Å². The molecule has 0 saturated heterocycles. The molecule has 4 rings (SSSR count). The van der Waals surface area contributed by atoms with Gasteiger partial charge < -0.3 is 15.4 Å². The van der Waals surface area contributed by atoms with Crippen LogP contribution in [-0.4, -0.2) is 43.7 Å². The van der Waals surface area contributed by atoms with Crippen LogP contribution in [-0.2, 0) is 16.0 Å². The lowest BCUT2D eigenvalue weighted by molar-refractivity contribution is -0.141. The van der Waals surface area contributed by atoms with Crippen molar-refractivity contribution in [3.05, 3.63) is 52.3 Å². The molecule has 4 aromatic rings. The van der Waals surface area contributed by atoms with Gasteiger partial charge in [-0.1, -0.05) is 30.0 Å². The van der Waals surface area contributed by atoms with Gasteiger partial charge in [0.1, 0.15) is 21.7 Å². The number of aryl methyl sites for hydroxylation is 3. The number of aromatic nitrogens is 3. The molecule has 0 unspecified atom stereocenters. The molecule has 9 heteroatoms. The van der Waals surface area contributed by atoms with Crippen LogP contribution in [0.3, 0.4) is 0 Å². The summed E-state index contributed by atoms with van der Waals surface area (Å²) in [4.78, 5) is 38.6. The van der Waals surface area contributed by atoms with Gasteiger partial charge in [0.15, 0.2) is 0 Å². The monoisotopic (exact) mass is 454 g/mol. The summed E-state index contributed by atoms with van der Waals surface area (Å²) < 4.78 is 0. The first-order chi connectivity index (χ1) is 14.8. The fraction of sp³-hybridized carbons (Fsp3) is 0.273. The van der Waals surface area contributed by atoms with E-state index in [0.29, 0.717) is 5.82 Å². The van der Waals surface area contributed by atoms with Crippen molar-refractivity contribution in [2.45, 2.75) is 38.3 Å². The molecule has 1 aromatic carbocycles. The van der Waals surface area contributed by atoms with Crippen molar-refractivity contribution in [3.63, 3.8) is 0 Å². The van der Waals surface area contributed by atoms with Gasteiger partial charge in [-0.05, 0) is 38.0 Å². The quantitative estimate of drug-likeness (QED) is 0.288. The minimum atomic E-state index is -1.06. The number of carbonyl (C=O) groups is 2. The summed E-state index contributed by atoms with van der Waals surface area (Å²) in [5, 5.41) is 15.0. The molecule has 3 N–H and O–H groups in total. The predicted octanol–water partition coefficient (Wildman–Crippen LogP) is 4.00. The Balaban J connectivity index is 1.47. The number of hydrogen-bond donors (Lipinski definition) is 3. The molecule has 0 aliphatic rings. The zero-order valence-corrected chi connectivity index (χ0v) is 19.0. The molecule has 0 spiro atoms. The normalized spacial score (nSPS) is 12.4. The molecular formula is C22H22N4O3S2. The molecule has 7 nitrogen and oxygen atoms in total. The SMILES string of the molecule is Cc1nc(SCC(=O)N[C@H](Cc2c[nH]c3ccccc23)C(=O)O)c2c(C)c(C)sc2n1. The summed E-state index contributed by atoms with van der Waals surface area (Å²) in [6.45, 7) is 5.90. The Kier molecular flexibility index (Phi) is 5.97. The first-order valence-corrected chi connectivity index (χ1v) is 11.6. The number of benzene rings is 1. The number of carboxylic acid groups (broad SMARTS) is 1. The molecule has 160 valence electrons. The Bertz CT molecular complexity index is 1290. The summed E-state index contributed by atoms with van der Waals surface area (Å²) in [7, 11) is 0. The number of thioether (sulfide) groups is 1. The van der Waals surface area contributed by atoms with Crippen LogP contribution < -0.4 is 5.32 Å². The highest BCUT2D eigenvalue weighted by Crippen LogP contribution is 2.35. The number of nitrogens with zero attached hydrogens (tertiary/aromatic N) is 2. The second-order valence-corrected chi connectivity index (χ2v) is 9.52. The van der Waals surface area contributed by atoms with Gasteiger partial charge in [0.05, 0.1) is 5.75 Å². The van der Waals surface area contributed by atoms with Crippen LogP contribution in [0.5, 0.6) is 0 Å². The third-order valence-electron chi connectivity index (χ3n) is 5.18. The highest BCUT2D eigenvalue weighted by Gasteiger charge is 2.22. The van der Waals surface area contributed by atoms with Crippen LogP contribution in [0.4, 0.5) is 0 Å². The van der Waals surface area contributed by atoms with E-state index in [4.69, 9.17) is 0 Å². The summed E-state index contributed by atoms with van der Waals surface area (Å²) >= 11 is 2.92. The lowest BCUT2D eigenvalue weighted by Gasteiger charge is -2.14. The lowest BCUT2D eigenvalue weighted by atomic mass is 10.1. The first kappa shape index (κ1) is 21.3. The molecule has 1 atom stereocenters. The zero-order chi connectivity index (χ0) is 22.1. The second kappa shape index (κ2) is 8.68. The third-order valence-corrected chi connectivity index (χ3v) is 7.26. The number of para-hydroxylation sites is 1. The molecule has 0 saturated carbocycles. The van der Waals surface area contributed by atoms with E-state index in [9.17, 15) is 14.7 Å². The number of rotatable bonds is 7. The number of nitrogens with one attached hydrogen (secondary N) is 2. The molecule has 0 aliphatic heterocycles. The van der Waals surface area contributed by atoms with Crippen molar-refractivity contribution in [1.29, 1.82) is 0 Å². The Morgan fingerprint density at radius 2 is 2.00 bits per heavy atom. The topological polar surface area (TPSA) is 108 Å². The standard InChI is InChI=1S/C22H22N4O3S2/c1-11-12(2)31-21-19(11)20(24-13(3)25-21)30-10-18(27)26-17(22(28)29)8-14-9-23-16-7-5-4-6-15(14)16/h4-7,9,17,23H,8,10H2,1-3H3,(H,26,27)(H,28,29)/t17-/m1/s1. The van der Waals surface area contributed by atoms with Gasteiger partial charge in [-0.3, -0.25) is 4.79 Å². The Hall–Kier alpha value is -2.91. The zero-order valence-electron chi connectivity index (χ0n) is 17.4. The molecule has 31 heavy (non-hydrogen) atoms. The highest BCUT2D eigenvalue weighted by atomic mass is 32.2. The molecule has 0 fully saturated rings. The van der Waals surface area contributed by atoms with Crippen LogP contribution in [0, 0.1) is 20.8 Å². The number of aliphatic carboxylic acids is 1. The smallest absolute Gasteiger partial charge is 0.326 e. The van der Waals surface area contributed by atoms with Crippen LogP contribution >= 0.6 is 23.1 Å². The maximum absolute atomic E-state index is 12.6. The second-order valence-electron chi connectivity index (χ2n) is 7.35. The Morgan fingerprint density at radius 1 is 1.23 bits per heavy atom. The van der Waals surface area contributed by atoms with Gasteiger partial charge >= 0.3 is 5.97 Å². The summed E-state index contributed by atoms with van der Waals surface area (Å²) in [6, 6.07) is 6.68. The van der Waals surface area contributed by atoms with E-state index in [-0.39, 0.29) is 18.1 Å². The fourth-order valence-electron chi connectivity index (χ4n) is 3.51. The molecule has 0 aliphatic carbocycles. The molecule has 3 aromatic heterocycles. The van der Waals surface area contributed by atoms with Gasteiger partial charge in [-0.25, -0.2) is 14.8 Å².